The van der Waals surface area contributed by atoms with Gasteiger partial charge in [-0.2, -0.15) is 5.10 Å². The van der Waals surface area contributed by atoms with E-state index in [0.717, 1.165) is 43.2 Å². The van der Waals surface area contributed by atoms with E-state index in [1.54, 1.807) is 0 Å². The van der Waals surface area contributed by atoms with Gasteiger partial charge >= 0.3 is 0 Å². The van der Waals surface area contributed by atoms with Crippen molar-refractivity contribution >= 4 is 5.65 Å². The molecule has 0 aromatic carbocycles. The molecule has 2 aromatic heterocycles. The molecule has 2 atom stereocenters. The number of nitrogens with two attached hydrogens (primary N) is 1. The number of aryl methyl sites for hydroxylation is 1. The van der Waals surface area contributed by atoms with E-state index >= 15 is 0 Å². The number of hydrogen-bond acceptors (Lipinski definition) is 5. The molecule has 1 fully saturated rings. The Hall–Kier alpha value is -1.50. The van der Waals surface area contributed by atoms with Crippen LogP contribution in [0.25, 0.3) is 5.65 Å². The smallest absolute Gasteiger partial charge is 0.155 e. The summed E-state index contributed by atoms with van der Waals surface area (Å²) in [7, 11) is 0. The van der Waals surface area contributed by atoms with Crippen molar-refractivity contribution in [2.45, 2.75) is 38.5 Å². The first-order valence-electron chi connectivity index (χ1n) is 7.11. The van der Waals surface area contributed by atoms with Crippen LogP contribution < -0.4 is 5.73 Å². The quantitative estimate of drug-likeness (QED) is 0.818. The molecule has 2 unspecified atom stereocenters. The first-order chi connectivity index (χ1) is 9.69. The van der Waals surface area contributed by atoms with Gasteiger partial charge < -0.3 is 10.5 Å². The van der Waals surface area contributed by atoms with Gasteiger partial charge in [0.2, 0.25) is 0 Å². The van der Waals surface area contributed by atoms with Crippen LogP contribution in [0.15, 0.2) is 12.3 Å². The van der Waals surface area contributed by atoms with Crippen LogP contribution in [0.3, 0.4) is 0 Å². The number of aromatic nitrogens is 3. The van der Waals surface area contributed by atoms with Crippen LogP contribution in [0.5, 0.6) is 0 Å². The van der Waals surface area contributed by atoms with Crippen molar-refractivity contribution < 1.29 is 4.74 Å². The van der Waals surface area contributed by atoms with Gasteiger partial charge in [-0.25, -0.2) is 9.50 Å². The second-order valence-corrected chi connectivity index (χ2v) is 5.89. The van der Waals surface area contributed by atoms with Crippen LogP contribution in [-0.2, 0) is 17.8 Å². The Balaban J connectivity index is 1.60. The lowest BCUT2D eigenvalue weighted by molar-refractivity contribution is 0.00530. The van der Waals surface area contributed by atoms with Crippen LogP contribution in [0.4, 0.5) is 0 Å². The molecule has 0 aliphatic carbocycles. The fourth-order valence-electron chi connectivity index (χ4n) is 3.20. The highest BCUT2D eigenvalue weighted by molar-refractivity contribution is 5.42. The minimum absolute atomic E-state index is 0.158. The molecule has 2 N–H and O–H groups in total. The number of rotatable bonds is 1. The predicted octanol–water partition coefficient (Wildman–Crippen LogP) is 0.470. The summed E-state index contributed by atoms with van der Waals surface area (Å²) in [5, 5.41) is 4.43. The Morgan fingerprint density at radius 2 is 2.25 bits per heavy atom. The van der Waals surface area contributed by atoms with Gasteiger partial charge in [-0.1, -0.05) is 0 Å². The molecule has 0 radical (unpaired) electrons. The summed E-state index contributed by atoms with van der Waals surface area (Å²) in [6.07, 6.45) is 3.11. The van der Waals surface area contributed by atoms with Crippen molar-refractivity contribution in [3.8, 4) is 0 Å². The highest BCUT2D eigenvalue weighted by atomic mass is 16.5. The molecule has 0 bridgehead atoms. The SMILES string of the molecule is Cc1cc2nc3c(cn2n1)CN(C1COCC(N)C1)C3. The maximum Gasteiger partial charge on any atom is 0.155 e. The van der Waals surface area contributed by atoms with E-state index in [0.29, 0.717) is 12.6 Å². The van der Waals surface area contributed by atoms with E-state index in [9.17, 15) is 0 Å². The molecule has 6 nitrogen and oxygen atoms in total. The van der Waals surface area contributed by atoms with Crippen molar-refractivity contribution in [1.29, 1.82) is 0 Å². The van der Waals surface area contributed by atoms with E-state index in [-0.39, 0.29) is 6.04 Å². The molecule has 20 heavy (non-hydrogen) atoms. The van der Waals surface area contributed by atoms with Gasteiger partial charge in [-0.05, 0) is 13.3 Å². The highest BCUT2D eigenvalue weighted by Gasteiger charge is 2.31. The maximum absolute atomic E-state index is 6.00. The largest absolute Gasteiger partial charge is 0.378 e. The van der Waals surface area contributed by atoms with Crippen molar-refractivity contribution in [2.24, 2.45) is 5.73 Å². The lowest BCUT2D eigenvalue weighted by atomic mass is 10.1. The first-order valence-corrected chi connectivity index (χ1v) is 7.11. The molecule has 2 aromatic rings. The van der Waals surface area contributed by atoms with Crippen LogP contribution in [0.1, 0.15) is 23.4 Å². The molecule has 2 aliphatic heterocycles. The second kappa shape index (κ2) is 4.51. The zero-order valence-electron chi connectivity index (χ0n) is 11.6. The van der Waals surface area contributed by atoms with Gasteiger partial charge in [0.15, 0.2) is 5.65 Å². The van der Waals surface area contributed by atoms with E-state index in [1.165, 1.54) is 5.56 Å². The summed E-state index contributed by atoms with van der Waals surface area (Å²) in [6.45, 7) is 5.25. The second-order valence-electron chi connectivity index (χ2n) is 5.89. The molecule has 4 heterocycles. The third-order valence-corrected chi connectivity index (χ3v) is 4.20. The van der Waals surface area contributed by atoms with Crippen LogP contribution in [0, 0.1) is 6.92 Å². The Labute approximate surface area is 117 Å². The molecule has 1 saturated heterocycles. The van der Waals surface area contributed by atoms with Gasteiger partial charge in [0.05, 0.1) is 24.6 Å². The van der Waals surface area contributed by atoms with Gasteiger partial charge in [-0.3, -0.25) is 4.90 Å². The lowest BCUT2D eigenvalue weighted by Gasteiger charge is -2.33. The summed E-state index contributed by atoms with van der Waals surface area (Å²) < 4.78 is 7.45. The number of ether oxygens (including phenoxy) is 1. The average molecular weight is 273 g/mol. The molecule has 2 aliphatic rings. The van der Waals surface area contributed by atoms with E-state index < -0.39 is 0 Å². The molecular weight excluding hydrogens is 254 g/mol. The fourth-order valence-corrected chi connectivity index (χ4v) is 3.20. The van der Waals surface area contributed by atoms with E-state index in [1.807, 2.05) is 17.5 Å². The standard InChI is InChI=1S/C14H19N5O/c1-9-2-14-16-13-6-18(4-10(13)5-19(14)17-9)12-3-11(15)7-20-8-12/h2,5,11-12H,3-4,6-8,15H2,1H3. The summed E-state index contributed by atoms with van der Waals surface area (Å²) in [5.74, 6) is 0. The van der Waals surface area contributed by atoms with Crippen LogP contribution in [0.2, 0.25) is 0 Å². The van der Waals surface area contributed by atoms with Gasteiger partial charge in [-0.15, -0.1) is 0 Å². The molecule has 0 spiro atoms. The third kappa shape index (κ3) is 2.00. The Morgan fingerprint density at radius 1 is 1.35 bits per heavy atom. The molecule has 6 heteroatoms. The van der Waals surface area contributed by atoms with Crippen LogP contribution >= 0.6 is 0 Å². The van der Waals surface area contributed by atoms with Gasteiger partial charge in [0, 0.05) is 43.0 Å². The molecule has 0 amide bonds. The molecule has 4 rings (SSSR count). The Morgan fingerprint density at radius 3 is 3.10 bits per heavy atom. The topological polar surface area (TPSA) is 68.7 Å². The van der Waals surface area contributed by atoms with Crippen molar-refractivity contribution in [1.82, 2.24) is 19.5 Å². The summed E-state index contributed by atoms with van der Waals surface area (Å²) >= 11 is 0. The van der Waals surface area contributed by atoms with Crippen molar-refractivity contribution in [3.05, 3.63) is 29.2 Å². The molecule has 106 valence electrons. The van der Waals surface area contributed by atoms with Crippen molar-refractivity contribution in [2.75, 3.05) is 13.2 Å². The predicted molar refractivity (Wildman–Crippen MR) is 74.2 cm³/mol. The Kier molecular flexibility index (Phi) is 2.76. The van der Waals surface area contributed by atoms with E-state index in [4.69, 9.17) is 15.5 Å². The van der Waals surface area contributed by atoms with Gasteiger partial charge in [0.25, 0.3) is 0 Å². The van der Waals surface area contributed by atoms with Crippen molar-refractivity contribution in [3.63, 3.8) is 0 Å². The number of hydrogen-bond donors (Lipinski definition) is 1. The zero-order chi connectivity index (χ0) is 13.7. The summed E-state index contributed by atoms with van der Waals surface area (Å²) in [4.78, 5) is 7.15. The average Bonchev–Trinajstić information content (AvgIpc) is 2.97. The minimum atomic E-state index is 0.158. The van der Waals surface area contributed by atoms with Crippen LogP contribution in [-0.4, -0.2) is 44.8 Å². The van der Waals surface area contributed by atoms with E-state index in [2.05, 4.69) is 16.2 Å². The molecular formula is C14H19N5O. The maximum atomic E-state index is 6.00. The third-order valence-electron chi connectivity index (χ3n) is 4.20. The monoisotopic (exact) mass is 273 g/mol. The number of nitrogens with zero attached hydrogens (tertiary/aromatic N) is 4. The first kappa shape index (κ1) is 12.3. The zero-order valence-corrected chi connectivity index (χ0v) is 11.6. The summed E-state index contributed by atoms with van der Waals surface area (Å²) in [6, 6.07) is 2.58. The highest BCUT2D eigenvalue weighted by Crippen LogP contribution is 2.26. The number of fused-ring (bicyclic) bond motifs is 2. The lowest BCUT2D eigenvalue weighted by Crippen LogP contribution is -2.46. The normalized spacial score (nSPS) is 27.1. The Bertz CT molecular complexity index is 609. The minimum Gasteiger partial charge on any atom is -0.378 e. The molecule has 0 saturated carbocycles. The van der Waals surface area contributed by atoms with Gasteiger partial charge in [0.1, 0.15) is 0 Å². The summed E-state index contributed by atoms with van der Waals surface area (Å²) in [5.41, 5.74) is 10.4. The fraction of sp³-hybridized carbons (Fsp3) is 0.571.